The number of hydrogen-bond donors (Lipinski definition) is 2. The molecule has 0 saturated heterocycles. The summed E-state index contributed by atoms with van der Waals surface area (Å²) < 4.78 is 11.2. The Hall–Kier alpha value is -4.79. The van der Waals surface area contributed by atoms with Crippen LogP contribution < -0.4 is 25.8 Å². The van der Waals surface area contributed by atoms with Crippen molar-refractivity contribution in [1.29, 1.82) is 0 Å². The topological polar surface area (TPSA) is 125 Å². The lowest BCUT2D eigenvalue weighted by molar-refractivity contribution is -0.131. The molecule has 3 N–H and O–H groups in total. The molecule has 1 radical (unpaired) electrons. The van der Waals surface area contributed by atoms with Gasteiger partial charge in [-0.25, -0.2) is 0 Å². The first kappa shape index (κ1) is 29.2. The molecule has 3 aromatic carbocycles. The molecule has 1 atom stereocenters. The minimum Gasteiger partial charge on any atom is -0.496 e. The van der Waals surface area contributed by atoms with Gasteiger partial charge in [0.1, 0.15) is 11.5 Å². The monoisotopic (exact) mass is 555 g/mol. The number of nitrogens with zero attached hydrogens (tertiary/aromatic N) is 2. The van der Waals surface area contributed by atoms with Gasteiger partial charge in [0.2, 0.25) is 11.8 Å². The Morgan fingerprint density at radius 3 is 2.46 bits per heavy atom. The third-order valence-electron chi connectivity index (χ3n) is 6.83. The Kier molecular flexibility index (Phi) is 9.99. The predicted molar refractivity (Wildman–Crippen MR) is 156 cm³/mol. The first-order valence-corrected chi connectivity index (χ1v) is 13.5. The first-order chi connectivity index (χ1) is 19.8. The Morgan fingerprint density at radius 2 is 1.73 bits per heavy atom. The van der Waals surface area contributed by atoms with Crippen LogP contribution in [-0.2, 0) is 27.3 Å². The summed E-state index contributed by atoms with van der Waals surface area (Å²) in [6.45, 7) is 1.95. The van der Waals surface area contributed by atoms with Gasteiger partial charge in [0.05, 0.1) is 18.8 Å². The second-order valence-corrected chi connectivity index (χ2v) is 9.88. The van der Waals surface area contributed by atoms with Crippen molar-refractivity contribution in [2.24, 2.45) is 5.73 Å². The number of methoxy groups -OCH3 is 1. The molecule has 1 aliphatic rings. The molecule has 0 aromatic heterocycles. The molecule has 0 aliphatic carbocycles. The zero-order chi connectivity index (χ0) is 29.2. The second kappa shape index (κ2) is 14.0. The number of amides is 3. The molecule has 0 spiro atoms. The fourth-order valence-corrected chi connectivity index (χ4v) is 4.71. The predicted octanol–water partition coefficient (Wildman–Crippen LogP) is 3.71. The number of primary amides is 1. The van der Waals surface area contributed by atoms with Crippen molar-refractivity contribution >= 4 is 29.0 Å². The van der Waals surface area contributed by atoms with E-state index < -0.39 is 6.04 Å². The third kappa shape index (κ3) is 8.35. The number of hydrogen-bond acceptors (Lipinski definition) is 5. The summed E-state index contributed by atoms with van der Waals surface area (Å²) in [4.78, 5) is 38.5. The van der Waals surface area contributed by atoms with Crippen LogP contribution >= 0.6 is 0 Å². The highest BCUT2D eigenvalue weighted by molar-refractivity contribution is 5.81. The zero-order valence-electron chi connectivity index (χ0n) is 23.3. The van der Waals surface area contributed by atoms with Crippen LogP contribution in [0.5, 0.6) is 11.5 Å². The Balaban J connectivity index is 1.44. The Morgan fingerprint density at radius 1 is 1.00 bits per heavy atom. The lowest BCUT2D eigenvalue weighted by atomic mass is 9.99. The summed E-state index contributed by atoms with van der Waals surface area (Å²) in [6.07, 6.45) is 3.12. The van der Waals surface area contributed by atoms with Crippen molar-refractivity contribution in [1.82, 2.24) is 15.5 Å². The molecule has 4 rings (SSSR count). The lowest BCUT2D eigenvalue weighted by Crippen LogP contribution is -2.46. The molecule has 1 unspecified atom stereocenters. The van der Waals surface area contributed by atoms with Gasteiger partial charge in [-0.1, -0.05) is 48.5 Å². The van der Waals surface area contributed by atoms with E-state index in [2.05, 4.69) is 10.6 Å². The summed E-state index contributed by atoms with van der Waals surface area (Å²) in [5, 5.41) is 7.57. The lowest BCUT2D eigenvalue weighted by Gasteiger charge is -2.28. The molecule has 9 heteroatoms. The fraction of sp³-hybridized carbons (Fsp3) is 0.281. The van der Waals surface area contributed by atoms with Gasteiger partial charge in [0, 0.05) is 43.8 Å². The van der Waals surface area contributed by atoms with Gasteiger partial charge in [-0.15, -0.1) is 0 Å². The molecule has 3 aromatic rings. The maximum atomic E-state index is 13.0. The zero-order valence-corrected chi connectivity index (χ0v) is 23.3. The molecular formula is C32H35N4O5. The number of ether oxygens (including phenoxy) is 2. The summed E-state index contributed by atoms with van der Waals surface area (Å²) in [7, 11) is 1.60. The van der Waals surface area contributed by atoms with Crippen molar-refractivity contribution < 1.29 is 23.9 Å². The van der Waals surface area contributed by atoms with Gasteiger partial charge in [0.25, 0.3) is 5.91 Å². The fourth-order valence-electron chi connectivity index (χ4n) is 4.71. The molecule has 41 heavy (non-hydrogen) atoms. The average molecular weight is 556 g/mol. The van der Waals surface area contributed by atoms with Crippen LogP contribution in [-0.4, -0.2) is 48.9 Å². The van der Waals surface area contributed by atoms with Gasteiger partial charge in [0.15, 0.2) is 6.61 Å². The molecule has 1 heterocycles. The third-order valence-corrected chi connectivity index (χ3v) is 6.83. The maximum Gasteiger partial charge on any atom is 0.258 e. The molecule has 0 saturated carbocycles. The van der Waals surface area contributed by atoms with Crippen LogP contribution in [0.4, 0.5) is 5.69 Å². The van der Waals surface area contributed by atoms with Crippen LogP contribution in [0.1, 0.15) is 36.5 Å². The molecule has 9 nitrogen and oxygen atoms in total. The number of carbonyl (C=O) groups is 3. The van der Waals surface area contributed by atoms with Crippen LogP contribution in [0.25, 0.3) is 5.57 Å². The number of nitrogens with two attached hydrogens (primary N) is 1. The highest BCUT2D eigenvalue weighted by Gasteiger charge is 2.24. The van der Waals surface area contributed by atoms with Crippen molar-refractivity contribution in [2.75, 3.05) is 20.3 Å². The van der Waals surface area contributed by atoms with E-state index in [1.807, 2.05) is 66.9 Å². The first-order valence-electron chi connectivity index (χ1n) is 13.5. The largest absolute Gasteiger partial charge is 0.496 e. The van der Waals surface area contributed by atoms with E-state index in [1.54, 1.807) is 24.1 Å². The van der Waals surface area contributed by atoms with Gasteiger partial charge < -0.3 is 25.4 Å². The maximum absolute atomic E-state index is 13.0. The number of para-hydroxylation sites is 2. The van der Waals surface area contributed by atoms with Crippen molar-refractivity contribution in [3.8, 4) is 11.5 Å². The minimum atomic E-state index is -0.395. The van der Waals surface area contributed by atoms with Gasteiger partial charge in [-0.2, -0.15) is 0 Å². The molecular weight excluding hydrogens is 520 g/mol. The summed E-state index contributed by atoms with van der Waals surface area (Å²) in [5.41, 5.74) is 9.93. The van der Waals surface area contributed by atoms with Gasteiger partial charge in [-0.05, 0) is 48.2 Å². The van der Waals surface area contributed by atoms with E-state index in [1.165, 1.54) is 6.92 Å². The summed E-state index contributed by atoms with van der Waals surface area (Å²) in [6, 6.07) is 22.2. The van der Waals surface area contributed by atoms with E-state index >= 15 is 0 Å². The second-order valence-electron chi connectivity index (χ2n) is 9.88. The van der Waals surface area contributed by atoms with Crippen LogP contribution in [0, 0.1) is 0 Å². The number of fused-ring (bicyclic) bond motifs is 1. The highest BCUT2D eigenvalue weighted by Crippen LogP contribution is 2.33. The van der Waals surface area contributed by atoms with Gasteiger partial charge in [-0.3, -0.25) is 19.7 Å². The summed E-state index contributed by atoms with van der Waals surface area (Å²) in [5.74, 6) is 0.450. The average Bonchev–Trinajstić information content (AvgIpc) is 3.38. The molecule has 1 aliphatic heterocycles. The van der Waals surface area contributed by atoms with Crippen molar-refractivity contribution in [2.45, 2.75) is 38.8 Å². The summed E-state index contributed by atoms with van der Waals surface area (Å²) >= 11 is 0. The Bertz CT molecular complexity index is 1400. The molecule has 0 fully saturated rings. The van der Waals surface area contributed by atoms with Crippen molar-refractivity contribution in [3.63, 3.8) is 0 Å². The van der Waals surface area contributed by atoms with Crippen molar-refractivity contribution in [3.05, 3.63) is 95.7 Å². The number of aryl methyl sites for hydroxylation is 1. The number of nitrogens with one attached hydrogen (secondary N) is 1. The van der Waals surface area contributed by atoms with Crippen LogP contribution in [0.2, 0.25) is 0 Å². The highest BCUT2D eigenvalue weighted by atomic mass is 16.5. The number of rotatable bonds is 14. The van der Waals surface area contributed by atoms with Crippen LogP contribution in [0.3, 0.4) is 0 Å². The minimum absolute atomic E-state index is 0.117. The van der Waals surface area contributed by atoms with Gasteiger partial charge >= 0.3 is 0 Å². The van der Waals surface area contributed by atoms with E-state index in [4.69, 9.17) is 15.2 Å². The van der Waals surface area contributed by atoms with E-state index in [0.29, 0.717) is 30.9 Å². The SMILES string of the molecule is COc1ccccc1CN(CC(CC1=C[N]c2ccccc21)NC(=O)COc1ccc(CCC(N)=O)cc1)C(C)=O. The van der Waals surface area contributed by atoms with E-state index in [0.717, 1.165) is 28.0 Å². The van der Waals surface area contributed by atoms with E-state index in [-0.39, 0.29) is 37.3 Å². The number of benzene rings is 3. The standard InChI is InChI=1S/C32H35N4O5/c1-22(37)36(19-24-7-3-6-10-30(24)40-2)20-26(17-25-18-34-29-9-5-4-8-28(25)29)35-32(39)21-41-27-14-11-23(12-15-27)13-16-31(33)38/h3-12,14-15,18,26H,13,16-17,19-21H2,1-2H3,(H2,33,38)(H,35,39). The number of carbonyl (C=O) groups excluding carboxylic acids is 3. The molecule has 3 amide bonds. The smallest absolute Gasteiger partial charge is 0.258 e. The van der Waals surface area contributed by atoms with Crippen LogP contribution in [0.15, 0.2) is 79.0 Å². The normalized spacial score (nSPS) is 12.4. The molecule has 0 bridgehead atoms. The molecule has 213 valence electrons. The Labute approximate surface area is 240 Å². The quantitative estimate of drug-likeness (QED) is 0.314. The van der Waals surface area contributed by atoms with E-state index in [9.17, 15) is 14.4 Å².